The zero-order valence-corrected chi connectivity index (χ0v) is 19.9. The number of amides is 1. The van der Waals surface area contributed by atoms with Crippen LogP contribution in [0.2, 0.25) is 0 Å². The fourth-order valence-corrected chi connectivity index (χ4v) is 5.01. The lowest BCUT2D eigenvalue weighted by Crippen LogP contribution is -2.47. The van der Waals surface area contributed by atoms with Crippen molar-refractivity contribution in [1.82, 2.24) is 14.3 Å². The second-order valence-corrected chi connectivity index (χ2v) is 10.2. The Hall–Kier alpha value is -2.82. The Labute approximate surface area is 192 Å². The topological polar surface area (TPSA) is 102 Å². The van der Waals surface area contributed by atoms with E-state index < -0.39 is 22.0 Å². The number of carbonyl (C=O) groups is 1. The maximum atomic E-state index is 12.9. The van der Waals surface area contributed by atoms with Crippen molar-refractivity contribution in [2.45, 2.75) is 34.8 Å². The average molecular weight is 475 g/mol. The first-order chi connectivity index (χ1) is 15.2. The number of carbonyl (C=O) groups excluding carboxylic acids is 1. The molecule has 3 rings (SSSR count). The molecule has 0 radical (unpaired) electrons. The van der Waals surface area contributed by atoms with Crippen molar-refractivity contribution in [3.63, 3.8) is 0 Å². The standard InChI is InChI=1S/C22H26N4O4S2/c1-15(2)20(25-32(28,29)19-11-7-17(30-4)8-12-19)21(27)24-16-5-9-18(10-6-16)31-22-23-13-14-26(22)3/h5-15,20,25H,1-4H3,(H,24,27)/t20-/m0/s1. The molecular weight excluding hydrogens is 448 g/mol. The molecule has 1 aromatic heterocycles. The summed E-state index contributed by atoms with van der Waals surface area (Å²) in [4.78, 5) is 18.2. The molecule has 8 nitrogen and oxygen atoms in total. The number of methoxy groups -OCH3 is 1. The lowest BCUT2D eigenvalue weighted by atomic mass is 10.0. The van der Waals surface area contributed by atoms with Crippen molar-refractivity contribution in [3.05, 3.63) is 60.9 Å². The Bertz CT molecular complexity index is 1160. The van der Waals surface area contributed by atoms with E-state index in [1.54, 1.807) is 44.3 Å². The molecule has 0 saturated carbocycles. The summed E-state index contributed by atoms with van der Waals surface area (Å²) in [5.74, 6) is -0.144. The van der Waals surface area contributed by atoms with E-state index in [-0.39, 0.29) is 10.8 Å². The molecule has 0 aliphatic rings. The van der Waals surface area contributed by atoms with Gasteiger partial charge in [0, 0.05) is 30.0 Å². The van der Waals surface area contributed by atoms with E-state index in [1.165, 1.54) is 31.0 Å². The van der Waals surface area contributed by atoms with Gasteiger partial charge >= 0.3 is 0 Å². The number of aryl methyl sites for hydroxylation is 1. The van der Waals surface area contributed by atoms with Crippen molar-refractivity contribution >= 4 is 33.4 Å². The fourth-order valence-electron chi connectivity index (χ4n) is 2.86. The summed E-state index contributed by atoms with van der Waals surface area (Å²) in [5, 5.41) is 3.65. The van der Waals surface area contributed by atoms with Crippen LogP contribution in [0, 0.1) is 5.92 Å². The van der Waals surface area contributed by atoms with Gasteiger partial charge in [-0.15, -0.1) is 0 Å². The number of sulfonamides is 1. The van der Waals surface area contributed by atoms with Gasteiger partial charge in [0.05, 0.1) is 12.0 Å². The monoisotopic (exact) mass is 474 g/mol. The molecule has 32 heavy (non-hydrogen) atoms. The number of hydrogen-bond donors (Lipinski definition) is 2. The molecule has 0 saturated heterocycles. The minimum atomic E-state index is -3.89. The Morgan fingerprint density at radius 3 is 2.28 bits per heavy atom. The number of aromatic nitrogens is 2. The third-order valence-corrected chi connectivity index (χ3v) is 7.25. The smallest absolute Gasteiger partial charge is 0.242 e. The van der Waals surface area contributed by atoms with Crippen molar-refractivity contribution in [2.24, 2.45) is 13.0 Å². The van der Waals surface area contributed by atoms with Crippen molar-refractivity contribution < 1.29 is 17.9 Å². The minimum absolute atomic E-state index is 0.0624. The maximum Gasteiger partial charge on any atom is 0.242 e. The van der Waals surface area contributed by atoms with Crippen LogP contribution in [-0.2, 0) is 21.9 Å². The molecule has 170 valence electrons. The summed E-state index contributed by atoms with van der Waals surface area (Å²) in [5.41, 5.74) is 0.577. The molecular formula is C22H26N4O4S2. The normalized spacial score (nSPS) is 12.5. The molecule has 0 bridgehead atoms. The second-order valence-electron chi connectivity index (χ2n) is 7.45. The third-order valence-electron chi connectivity index (χ3n) is 4.71. The summed E-state index contributed by atoms with van der Waals surface area (Å²) < 4.78 is 35.1. The van der Waals surface area contributed by atoms with Gasteiger partial charge in [0.1, 0.15) is 11.8 Å². The summed E-state index contributed by atoms with van der Waals surface area (Å²) in [6.45, 7) is 3.57. The van der Waals surface area contributed by atoms with Gasteiger partial charge in [-0.1, -0.05) is 25.6 Å². The van der Waals surface area contributed by atoms with Crippen LogP contribution >= 0.6 is 11.8 Å². The first-order valence-corrected chi connectivity index (χ1v) is 12.2. The zero-order valence-electron chi connectivity index (χ0n) is 18.3. The maximum absolute atomic E-state index is 12.9. The average Bonchev–Trinajstić information content (AvgIpc) is 3.17. The molecule has 1 heterocycles. The van der Waals surface area contributed by atoms with Crippen LogP contribution in [0.15, 0.2) is 75.9 Å². The molecule has 2 N–H and O–H groups in total. The van der Waals surface area contributed by atoms with E-state index >= 15 is 0 Å². The first kappa shape index (κ1) is 23.8. The number of ether oxygens (including phenoxy) is 1. The molecule has 1 amide bonds. The van der Waals surface area contributed by atoms with Gasteiger partial charge in [0.25, 0.3) is 0 Å². The fraction of sp³-hybridized carbons (Fsp3) is 0.273. The van der Waals surface area contributed by atoms with Gasteiger partial charge in [-0.25, -0.2) is 13.4 Å². The van der Waals surface area contributed by atoms with E-state index in [9.17, 15) is 13.2 Å². The van der Waals surface area contributed by atoms with Crippen LogP contribution in [0.25, 0.3) is 0 Å². The molecule has 3 aromatic rings. The predicted molar refractivity (Wildman–Crippen MR) is 124 cm³/mol. The zero-order chi connectivity index (χ0) is 23.3. The van der Waals surface area contributed by atoms with E-state index in [1.807, 2.05) is 29.9 Å². The van der Waals surface area contributed by atoms with Gasteiger partial charge in [-0.3, -0.25) is 4.79 Å². The van der Waals surface area contributed by atoms with E-state index in [2.05, 4.69) is 15.0 Å². The van der Waals surface area contributed by atoms with E-state index in [0.717, 1.165) is 10.1 Å². The summed E-state index contributed by atoms with van der Waals surface area (Å²) in [6, 6.07) is 12.4. The largest absolute Gasteiger partial charge is 0.497 e. The van der Waals surface area contributed by atoms with Crippen LogP contribution in [-0.4, -0.2) is 37.0 Å². The van der Waals surface area contributed by atoms with Gasteiger partial charge in [-0.2, -0.15) is 4.72 Å². The molecule has 0 aliphatic carbocycles. The van der Waals surface area contributed by atoms with Gasteiger partial charge < -0.3 is 14.6 Å². The van der Waals surface area contributed by atoms with Gasteiger partial charge in [0.2, 0.25) is 15.9 Å². The highest BCUT2D eigenvalue weighted by Crippen LogP contribution is 2.27. The Balaban J connectivity index is 1.68. The molecule has 0 spiro atoms. The summed E-state index contributed by atoms with van der Waals surface area (Å²) in [6.07, 6.45) is 3.60. The van der Waals surface area contributed by atoms with Crippen LogP contribution in [0.1, 0.15) is 13.8 Å². The van der Waals surface area contributed by atoms with E-state index in [4.69, 9.17) is 4.74 Å². The molecule has 0 aliphatic heterocycles. The van der Waals surface area contributed by atoms with Gasteiger partial charge in [-0.05, 0) is 54.4 Å². The Morgan fingerprint density at radius 2 is 1.75 bits per heavy atom. The third kappa shape index (κ3) is 5.90. The number of anilines is 1. The lowest BCUT2D eigenvalue weighted by molar-refractivity contribution is -0.118. The quantitative estimate of drug-likeness (QED) is 0.492. The molecule has 1 atom stereocenters. The first-order valence-electron chi connectivity index (χ1n) is 9.92. The van der Waals surface area contributed by atoms with Crippen molar-refractivity contribution in [2.75, 3.05) is 12.4 Å². The molecule has 0 unspecified atom stereocenters. The van der Waals surface area contributed by atoms with Crippen LogP contribution in [0.5, 0.6) is 5.75 Å². The molecule has 0 fully saturated rings. The van der Waals surface area contributed by atoms with Crippen LogP contribution in [0.4, 0.5) is 5.69 Å². The number of imidazole rings is 1. The summed E-state index contributed by atoms with van der Waals surface area (Å²) in [7, 11) is -0.461. The second kappa shape index (κ2) is 10.2. The number of rotatable bonds is 9. The lowest BCUT2D eigenvalue weighted by Gasteiger charge is -2.22. The van der Waals surface area contributed by atoms with Crippen molar-refractivity contribution in [3.8, 4) is 5.75 Å². The van der Waals surface area contributed by atoms with Gasteiger partial charge in [0.15, 0.2) is 5.16 Å². The highest BCUT2D eigenvalue weighted by Gasteiger charge is 2.28. The summed E-state index contributed by atoms with van der Waals surface area (Å²) >= 11 is 1.51. The Kier molecular flexibility index (Phi) is 7.60. The minimum Gasteiger partial charge on any atom is -0.497 e. The highest BCUT2D eigenvalue weighted by atomic mass is 32.2. The van der Waals surface area contributed by atoms with Crippen molar-refractivity contribution in [1.29, 1.82) is 0 Å². The number of nitrogens with one attached hydrogen (secondary N) is 2. The molecule has 2 aromatic carbocycles. The molecule has 10 heteroatoms. The SMILES string of the molecule is COc1ccc(S(=O)(=O)N[C@H](C(=O)Nc2ccc(Sc3nccn3C)cc2)C(C)C)cc1. The van der Waals surface area contributed by atoms with Crippen LogP contribution in [0.3, 0.4) is 0 Å². The highest BCUT2D eigenvalue weighted by molar-refractivity contribution is 7.99. The predicted octanol–water partition coefficient (Wildman–Crippen LogP) is 3.52. The van der Waals surface area contributed by atoms with Crippen LogP contribution < -0.4 is 14.8 Å². The number of nitrogens with zero attached hydrogens (tertiary/aromatic N) is 2. The van der Waals surface area contributed by atoms with E-state index in [0.29, 0.717) is 11.4 Å². The number of benzene rings is 2. The Morgan fingerprint density at radius 1 is 1.09 bits per heavy atom. The number of hydrogen-bond acceptors (Lipinski definition) is 6.